The van der Waals surface area contributed by atoms with E-state index in [0.717, 1.165) is 0 Å². The maximum Gasteiger partial charge on any atom is 0.221 e. The Kier molecular flexibility index (Phi) is 2.56. The highest BCUT2D eigenvalue weighted by Gasteiger charge is 2.13. The first-order valence-electron chi connectivity index (χ1n) is 3.75. The molecule has 0 spiro atoms. The summed E-state index contributed by atoms with van der Waals surface area (Å²) in [5.41, 5.74) is 1.02. The first-order valence-corrected chi connectivity index (χ1v) is 4.92. The zero-order valence-electron chi connectivity index (χ0n) is 6.80. The van der Waals surface area contributed by atoms with Crippen LogP contribution in [0.25, 0.3) is 11.3 Å². The van der Waals surface area contributed by atoms with Crippen molar-refractivity contribution in [3.63, 3.8) is 0 Å². The van der Waals surface area contributed by atoms with Crippen LogP contribution in [0.15, 0.2) is 33.5 Å². The predicted molar refractivity (Wildman–Crippen MR) is 54.6 cm³/mol. The van der Waals surface area contributed by atoms with Gasteiger partial charge < -0.3 is 4.52 Å². The second-order valence-electron chi connectivity index (χ2n) is 2.63. The maximum atomic E-state index is 12.9. The average molecular weight is 276 g/mol. The van der Waals surface area contributed by atoms with Gasteiger partial charge in [-0.15, -0.1) is 0 Å². The lowest BCUT2D eigenvalue weighted by atomic mass is 10.1. The molecule has 0 N–H and O–H groups in total. The molecule has 14 heavy (non-hydrogen) atoms. The molecule has 0 saturated heterocycles. The van der Waals surface area contributed by atoms with Crippen molar-refractivity contribution in [1.82, 2.24) is 5.16 Å². The Morgan fingerprint density at radius 2 is 2.21 bits per heavy atom. The minimum atomic E-state index is -0.335. The second kappa shape index (κ2) is 3.71. The fourth-order valence-corrected chi connectivity index (χ4v) is 1.51. The van der Waals surface area contributed by atoms with Crippen LogP contribution in [0.3, 0.4) is 0 Å². The van der Waals surface area contributed by atoms with Crippen LogP contribution in [0.5, 0.6) is 0 Å². The number of halogens is 3. The highest BCUT2D eigenvalue weighted by molar-refractivity contribution is 9.10. The Labute approximate surface area is 92.8 Å². The van der Waals surface area contributed by atoms with E-state index in [4.69, 9.17) is 16.1 Å². The molecule has 2 nitrogen and oxygen atoms in total. The minimum absolute atomic E-state index is 0.335. The van der Waals surface area contributed by atoms with Gasteiger partial charge >= 0.3 is 0 Å². The molecule has 0 fully saturated rings. The summed E-state index contributed by atoms with van der Waals surface area (Å²) >= 11 is 8.95. The van der Waals surface area contributed by atoms with Gasteiger partial charge in [0.25, 0.3) is 0 Å². The molecule has 2 rings (SSSR count). The second-order valence-corrected chi connectivity index (χ2v) is 3.73. The Balaban J connectivity index is 2.55. The maximum absolute atomic E-state index is 12.9. The monoisotopic (exact) mass is 275 g/mol. The molecular weight excluding hydrogens is 272 g/mol. The highest BCUT2D eigenvalue weighted by atomic mass is 79.9. The summed E-state index contributed by atoms with van der Waals surface area (Å²) in [7, 11) is 0. The van der Waals surface area contributed by atoms with E-state index in [1.165, 1.54) is 12.1 Å². The molecule has 0 bridgehead atoms. The Morgan fingerprint density at radius 1 is 1.43 bits per heavy atom. The van der Waals surface area contributed by atoms with E-state index in [-0.39, 0.29) is 5.82 Å². The van der Waals surface area contributed by atoms with Crippen molar-refractivity contribution >= 4 is 27.5 Å². The third-order valence-corrected chi connectivity index (χ3v) is 2.82. The number of nitrogens with zero attached hydrogens (tertiary/aromatic N) is 1. The first-order chi connectivity index (χ1) is 6.68. The fourth-order valence-electron chi connectivity index (χ4n) is 1.07. The normalized spacial score (nSPS) is 10.5. The quantitative estimate of drug-likeness (QED) is 0.789. The van der Waals surface area contributed by atoms with Crippen molar-refractivity contribution in [3.05, 3.63) is 39.8 Å². The van der Waals surface area contributed by atoms with Crippen LogP contribution in [0.4, 0.5) is 4.39 Å². The SMILES string of the molecule is Fc1cccc(-c2noc(Br)c2Cl)c1. The van der Waals surface area contributed by atoms with Crippen LogP contribution in [-0.2, 0) is 0 Å². The molecule has 0 radical (unpaired) electrons. The fraction of sp³-hybridized carbons (Fsp3) is 0. The topological polar surface area (TPSA) is 26.0 Å². The standard InChI is InChI=1S/C9H4BrClFNO/c10-9-7(11)8(13-14-9)5-2-1-3-6(12)4-5/h1-4H. The summed E-state index contributed by atoms with van der Waals surface area (Å²) in [5, 5.41) is 4.05. The molecule has 0 unspecified atom stereocenters. The summed E-state index contributed by atoms with van der Waals surface area (Å²) in [5.74, 6) is -0.335. The molecular formula is C9H4BrClFNO. The van der Waals surface area contributed by atoms with Crippen molar-refractivity contribution < 1.29 is 8.91 Å². The Hall–Kier alpha value is -0.870. The summed E-state index contributed by atoms with van der Waals surface area (Å²) in [4.78, 5) is 0. The van der Waals surface area contributed by atoms with Gasteiger partial charge in [-0.3, -0.25) is 0 Å². The number of hydrogen-bond acceptors (Lipinski definition) is 2. The molecule has 0 aliphatic rings. The summed E-state index contributed by atoms with van der Waals surface area (Å²) in [6, 6.07) is 5.99. The van der Waals surface area contributed by atoms with Gasteiger partial charge in [0.15, 0.2) is 0 Å². The Bertz CT molecular complexity index is 472. The van der Waals surface area contributed by atoms with Crippen LogP contribution < -0.4 is 0 Å². The molecule has 72 valence electrons. The number of benzene rings is 1. The predicted octanol–water partition coefficient (Wildman–Crippen LogP) is 3.90. The third kappa shape index (κ3) is 1.67. The van der Waals surface area contributed by atoms with Crippen molar-refractivity contribution in [2.75, 3.05) is 0 Å². The van der Waals surface area contributed by atoms with E-state index < -0.39 is 0 Å². The van der Waals surface area contributed by atoms with E-state index >= 15 is 0 Å². The van der Waals surface area contributed by atoms with Crippen LogP contribution in [0.1, 0.15) is 0 Å². The van der Waals surface area contributed by atoms with Crippen molar-refractivity contribution in [2.45, 2.75) is 0 Å². The first kappa shape index (κ1) is 9.68. The van der Waals surface area contributed by atoms with Gasteiger partial charge in [-0.25, -0.2) is 4.39 Å². The number of rotatable bonds is 1. The van der Waals surface area contributed by atoms with Crippen LogP contribution in [0.2, 0.25) is 5.02 Å². The van der Waals surface area contributed by atoms with Gasteiger partial charge in [-0.1, -0.05) is 28.9 Å². The van der Waals surface area contributed by atoms with Crippen molar-refractivity contribution in [3.8, 4) is 11.3 Å². The van der Waals surface area contributed by atoms with Gasteiger partial charge in [0, 0.05) is 5.56 Å². The number of hydrogen-bond donors (Lipinski definition) is 0. The summed E-state index contributed by atoms with van der Waals surface area (Å²) in [6.07, 6.45) is 0. The lowest BCUT2D eigenvalue weighted by molar-refractivity contribution is 0.402. The molecule has 1 heterocycles. The zero-order chi connectivity index (χ0) is 10.1. The van der Waals surface area contributed by atoms with E-state index in [1.807, 2.05) is 0 Å². The van der Waals surface area contributed by atoms with Crippen molar-refractivity contribution in [1.29, 1.82) is 0 Å². The Morgan fingerprint density at radius 3 is 2.79 bits per heavy atom. The average Bonchev–Trinajstić information content (AvgIpc) is 2.48. The zero-order valence-corrected chi connectivity index (χ0v) is 9.14. The molecule has 0 aliphatic heterocycles. The van der Waals surface area contributed by atoms with E-state index in [0.29, 0.717) is 20.9 Å². The van der Waals surface area contributed by atoms with Gasteiger partial charge in [0.1, 0.15) is 16.5 Å². The molecule has 0 atom stereocenters. The van der Waals surface area contributed by atoms with Crippen LogP contribution >= 0.6 is 27.5 Å². The molecule has 5 heteroatoms. The van der Waals surface area contributed by atoms with Crippen LogP contribution in [-0.4, -0.2) is 5.16 Å². The van der Waals surface area contributed by atoms with E-state index in [9.17, 15) is 4.39 Å². The highest BCUT2D eigenvalue weighted by Crippen LogP contribution is 2.33. The van der Waals surface area contributed by atoms with Crippen LogP contribution in [0, 0.1) is 5.82 Å². The van der Waals surface area contributed by atoms with Gasteiger partial charge in [-0.2, -0.15) is 0 Å². The smallest absolute Gasteiger partial charge is 0.221 e. The van der Waals surface area contributed by atoms with E-state index in [2.05, 4.69) is 21.1 Å². The molecule has 1 aromatic heterocycles. The lowest BCUT2D eigenvalue weighted by Crippen LogP contribution is -1.79. The summed E-state index contributed by atoms with van der Waals surface area (Å²) in [6.45, 7) is 0. The van der Waals surface area contributed by atoms with E-state index in [1.54, 1.807) is 12.1 Å². The molecule has 1 aromatic carbocycles. The van der Waals surface area contributed by atoms with Gasteiger partial charge in [0.05, 0.1) is 0 Å². The number of aromatic nitrogens is 1. The molecule has 0 saturated carbocycles. The largest absolute Gasteiger partial charge is 0.347 e. The van der Waals surface area contributed by atoms with Gasteiger partial charge in [-0.05, 0) is 28.1 Å². The van der Waals surface area contributed by atoms with Gasteiger partial charge in [0.2, 0.25) is 4.67 Å². The minimum Gasteiger partial charge on any atom is -0.347 e. The molecule has 0 aliphatic carbocycles. The third-order valence-electron chi connectivity index (χ3n) is 1.70. The lowest BCUT2D eigenvalue weighted by Gasteiger charge is -1.95. The summed E-state index contributed by atoms with van der Waals surface area (Å²) < 4.78 is 18.0. The molecule has 2 aromatic rings. The molecule has 0 amide bonds. The van der Waals surface area contributed by atoms with Crippen molar-refractivity contribution in [2.24, 2.45) is 0 Å².